The summed E-state index contributed by atoms with van der Waals surface area (Å²) < 4.78 is 44.9. The van der Waals surface area contributed by atoms with Crippen LogP contribution >= 0.6 is 11.8 Å². The third-order valence-corrected chi connectivity index (χ3v) is 4.89. The Morgan fingerprint density at radius 3 is 2.40 bits per heavy atom. The number of hydrogen-bond acceptors (Lipinski definition) is 5. The summed E-state index contributed by atoms with van der Waals surface area (Å²) >= 11 is 0.851. The van der Waals surface area contributed by atoms with E-state index in [2.05, 4.69) is 15.3 Å². The van der Waals surface area contributed by atoms with Gasteiger partial charge >= 0.3 is 6.18 Å². The molecule has 0 spiro atoms. The fourth-order valence-electron chi connectivity index (χ4n) is 2.52. The molecule has 30 heavy (non-hydrogen) atoms. The van der Waals surface area contributed by atoms with Crippen molar-refractivity contribution in [1.29, 1.82) is 0 Å². The fraction of sp³-hybridized carbons (Fsp3) is 0.190. The number of nitrogens with one attached hydrogen (secondary N) is 1. The minimum Gasteiger partial charge on any atom is -0.497 e. The smallest absolute Gasteiger partial charge is 0.433 e. The molecule has 0 radical (unpaired) electrons. The Kier molecular flexibility index (Phi) is 6.94. The number of carbonyl (C=O) groups excluding carboxylic acids is 1. The number of rotatable bonds is 7. The Hall–Kier alpha value is -3.07. The maximum absolute atomic E-state index is 13.3. The first-order chi connectivity index (χ1) is 14.3. The number of thioether (sulfide) groups is 1. The average Bonchev–Trinajstić information content (AvgIpc) is 2.76. The number of nitrogens with zero attached hydrogens (tertiary/aromatic N) is 2. The van der Waals surface area contributed by atoms with Crippen LogP contribution in [0.5, 0.6) is 5.75 Å². The standard InChI is InChI=1S/C21H18F3N3O2S/c1-29-16-9-7-15(8-10-16)17-11-18(21(22,23)24)27-20(26-17)30-13-19(28)25-12-14-5-3-2-4-6-14/h2-11H,12-13H2,1H3,(H,25,28). The molecular formula is C21H18F3N3O2S. The third-order valence-electron chi connectivity index (χ3n) is 4.05. The number of amides is 1. The molecule has 0 aliphatic heterocycles. The maximum atomic E-state index is 13.3. The van der Waals surface area contributed by atoms with Gasteiger partial charge in [-0.3, -0.25) is 4.79 Å². The van der Waals surface area contributed by atoms with E-state index in [1.165, 1.54) is 7.11 Å². The lowest BCUT2D eigenvalue weighted by atomic mass is 10.1. The van der Waals surface area contributed by atoms with Crippen LogP contribution in [-0.4, -0.2) is 28.7 Å². The van der Waals surface area contributed by atoms with Crippen molar-refractivity contribution in [2.24, 2.45) is 0 Å². The van der Waals surface area contributed by atoms with E-state index in [1.807, 2.05) is 30.3 Å². The molecule has 0 fully saturated rings. The molecule has 0 saturated carbocycles. The number of benzene rings is 2. The quantitative estimate of drug-likeness (QED) is 0.437. The molecular weight excluding hydrogens is 415 g/mol. The summed E-state index contributed by atoms with van der Waals surface area (Å²) in [6.45, 7) is 0.334. The predicted molar refractivity (Wildman–Crippen MR) is 108 cm³/mol. The molecule has 0 atom stereocenters. The molecule has 2 aromatic carbocycles. The number of hydrogen-bond donors (Lipinski definition) is 1. The van der Waals surface area contributed by atoms with E-state index >= 15 is 0 Å². The fourth-order valence-corrected chi connectivity index (χ4v) is 3.21. The van der Waals surface area contributed by atoms with Gasteiger partial charge in [0.1, 0.15) is 11.4 Å². The molecule has 156 valence electrons. The van der Waals surface area contributed by atoms with Gasteiger partial charge in [0, 0.05) is 12.1 Å². The molecule has 0 saturated heterocycles. The highest BCUT2D eigenvalue weighted by Gasteiger charge is 2.34. The van der Waals surface area contributed by atoms with Crippen LogP contribution < -0.4 is 10.1 Å². The Morgan fingerprint density at radius 2 is 1.77 bits per heavy atom. The minimum atomic E-state index is -4.63. The molecule has 1 amide bonds. The van der Waals surface area contributed by atoms with E-state index < -0.39 is 11.9 Å². The van der Waals surface area contributed by atoms with E-state index in [1.54, 1.807) is 24.3 Å². The summed E-state index contributed by atoms with van der Waals surface area (Å²) in [5, 5.41) is 2.60. The van der Waals surface area contributed by atoms with Crippen molar-refractivity contribution in [2.75, 3.05) is 12.9 Å². The van der Waals surface area contributed by atoms with Gasteiger partial charge in [-0.05, 0) is 35.9 Å². The Balaban J connectivity index is 1.73. The van der Waals surface area contributed by atoms with Crippen molar-refractivity contribution in [1.82, 2.24) is 15.3 Å². The highest BCUT2D eigenvalue weighted by molar-refractivity contribution is 7.99. The van der Waals surface area contributed by atoms with Gasteiger partial charge in [-0.2, -0.15) is 13.2 Å². The number of alkyl halides is 3. The summed E-state index contributed by atoms with van der Waals surface area (Å²) in [5.41, 5.74) is 0.467. The summed E-state index contributed by atoms with van der Waals surface area (Å²) in [6.07, 6.45) is -4.63. The Labute approximate surface area is 175 Å². The molecule has 1 aromatic heterocycles. The molecule has 1 heterocycles. The van der Waals surface area contributed by atoms with Crippen LogP contribution in [-0.2, 0) is 17.5 Å². The van der Waals surface area contributed by atoms with Crippen molar-refractivity contribution in [3.63, 3.8) is 0 Å². The number of methoxy groups -OCH3 is 1. The molecule has 5 nitrogen and oxygen atoms in total. The minimum absolute atomic E-state index is 0.101. The van der Waals surface area contributed by atoms with Crippen LogP contribution in [0.4, 0.5) is 13.2 Å². The maximum Gasteiger partial charge on any atom is 0.433 e. The second-order valence-electron chi connectivity index (χ2n) is 6.20. The zero-order valence-corrected chi connectivity index (χ0v) is 16.8. The topological polar surface area (TPSA) is 64.1 Å². The second kappa shape index (κ2) is 9.62. The van der Waals surface area contributed by atoms with Crippen molar-refractivity contribution in [3.8, 4) is 17.0 Å². The molecule has 0 bridgehead atoms. The summed E-state index contributed by atoms with van der Waals surface area (Å²) in [4.78, 5) is 19.8. The largest absolute Gasteiger partial charge is 0.497 e. The molecule has 9 heteroatoms. The first-order valence-electron chi connectivity index (χ1n) is 8.89. The first-order valence-corrected chi connectivity index (χ1v) is 9.88. The highest BCUT2D eigenvalue weighted by atomic mass is 32.2. The van der Waals surface area contributed by atoms with Gasteiger partial charge in [-0.25, -0.2) is 9.97 Å². The van der Waals surface area contributed by atoms with Crippen LogP contribution in [0, 0.1) is 0 Å². The Bertz CT molecular complexity index is 997. The van der Waals surface area contributed by atoms with Crippen molar-refractivity contribution >= 4 is 17.7 Å². The normalized spacial score (nSPS) is 11.2. The van der Waals surface area contributed by atoms with E-state index in [9.17, 15) is 18.0 Å². The van der Waals surface area contributed by atoms with E-state index in [-0.39, 0.29) is 22.5 Å². The number of carbonyl (C=O) groups is 1. The highest BCUT2D eigenvalue weighted by Crippen LogP contribution is 2.32. The van der Waals surface area contributed by atoms with Crippen molar-refractivity contribution in [2.45, 2.75) is 17.9 Å². The molecule has 0 aliphatic rings. The number of halogens is 3. The van der Waals surface area contributed by atoms with E-state index in [4.69, 9.17) is 4.74 Å². The SMILES string of the molecule is COc1ccc(-c2cc(C(F)(F)F)nc(SCC(=O)NCc3ccccc3)n2)cc1. The summed E-state index contributed by atoms with van der Waals surface area (Å²) in [6, 6.07) is 16.7. The Morgan fingerprint density at radius 1 is 1.07 bits per heavy atom. The van der Waals surface area contributed by atoms with Gasteiger partial charge in [0.25, 0.3) is 0 Å². The number of ether oxygens (including phenoxy) is 1. The van der Waals surface area contributed by atoms with Crippen molar-refractivity contribution in [3.05, 3.63) is 71.9 Å². The monoisotopic (exact) mass is 433 g/mol. The van der Waals surface area contributed by atoms with Gasteiger partial charge in [0.2, 0.25) is 5.91 Å². The van der Waals surface area contributed by atoms with Gasteiger partial charge in [0.15, 0.2) is 5.16 Å². The predicted octanol–water partition coefficient (Wildman–Crippen LogP) is 4.58. The van der Waals surface area contributed by atoms with Crippen LogP contribution in [0.25, 0.3) is 11.3 Å². The molecule has 3 aromatic rings. The number of aromatic nitrogens is 2. The lowest BCUT2D eigenvalue weighted by Crippen LogP contribution is -2.24. The first kappa shape index (κ1) is 21.6. The van der Waals surface area contributed by atoms with Gasteiger partial charge in [0.05, 0.1) is 18.6 Å². The second-order valence-corrected chi connectivity index (χ2v) is 7.14. The molecule has 1 N–H and O–H groups in total. The molecule has 0 unspecified atom stereocenters. The zero-order valence-electron chi connectivity index (χ0n) is 15.9. The van der Waals surface area contributed by atoms with Gasteiger partial charge < -0.3 is 10.1 Å². The van der Waals surface area contributed by atoms with Crippen LogP contribution in [0.2, 0.25) is 0 Å². The van der Waals surface area contributed by atoms with E-state index in [0.717, 1.165) is 23.4 Å². The van der Waals surface area contributed by atoms with Crippen LogP contribution in [0.15, 0.2) is 65.8 Å². The van der Waals surface area contributed by atoms with Crippen LogP contribution in [0.3, 0.4) is 0 Å². The molecule has 3 rings (SSSR count). The average molecular weight is 433 g/mol. The van der Waals surface area contributed by atoms with Crippen LogP contribution in [0.1, 0.15) is 11.3 Å². The lowest BCUT2D eigenvalue weighted by Gasteiger charge is -2.11. The molecule has 0 aliphatic carbocycles. The van der Waals surface area contributed by atoms with Gasteiger partial charge in [-0.1, -0.05) is 42.1 Å². The summed E-state index contributed by atoms with van der Waals surface area (Å²) in [7, 11) is 1.50. The third kappa shape index (κ3) is 5.96. The zero-order chi connectivity index (χ0) is 21.6. The lowest BCUT2D eigenvalue weighted by molar-refractivity contribution is -0.141. The van der Waals surface area contributed by atoms with Gasteiger partial charge in [-0.15, -0.1) is 0 Å². The summed E-state index contributed by atoms with van der Waals surface area (Å²) in [5.74, 6) is 0.153. The van der Waals surface area contributed by atoms with Crippen molar-refractivity contribution < 1.29 is 22.7 Å². The van der Waals surface area contributed by atoms with E-state index in [0.29, 0.717) is 17.9 Å².